The van der Waals surface area contributed by atoms with Crippen molar-refractivity contribution in [3.05, 3.63) is 83.8 Å². The molecule has 3 saturated heterocycles. The highest BCUT2D eigenvalue weighted by molar-refractivity contribution is 7.13. The molecule has 69 heavy (non-hydrogen) atoms. The molecule has 3 atom stereocenters. The Bertz CT molecular complexity index is 2600. The molecule has 9 rings (SSSR count). The highest BCUT2D eigenvalue weighted by atomic mass is 32.1. The van der Waals surface area contributed by atoms with Gasteiger partial charge in [0, 0.05) is 67.9 Å². The molecule has 1 spiro atoms. The number of phenolic OH excluding ortho intramolecular Hbond substituents is 1. The van der Waals surface area contributed by atoms with Crippen LogP contribution in [0.25, 0.3) is 32.8 Å². The van der Waals surface area contributed by atoms with Gasteiger partial charge < -0.3 is 41.3 Å². The number of para-hydroxylation sites is 1. The molecule has 17 heteroatoms. The first-order valence-electron chi connectivity index (χ1n) is 24.6. The minimum atomic E-state index is -0.836. The van der Waals surface area contributed by atoms with Crippen molar-refractivity contribution in [2.45, 2.75) is 104 Å². The van der Waals surface area contributed by atoms with Gasteiger partial charge in [-0.15, -0.1) is 21.5 Å². The highest BCUT2D eigenvalue weighted by Crippen LogP contribution is 2.53. The van der Waals surface area contributed by atoms with Crippen LogP contribution in [-0.2, 0) is 27.5 Å². The third kappa shape index (κ3) is 11.0. The van der Waals surface area contributed by atoms with Crippen LogP contribution < -0.4 is 16.4 Å². The fourth-order valence-corrected chi connectivity index (χ4v) is 11.7. The number of rotatable bonds is 14. The van der Waals surface area contributed by atoms with E-state index in [9.17, 15) is 24.6 Å². The van der Waals surface area contributed by atoms with Gasteiger partial charge in [0.1, 0.15) is 17.8 Å². The van der Waals surface area contributed by atoms with Crippen LogP contribution in [0.1, 0.15) is 77.0 Å². The van der Waals surface area contributed by atoms with E-state index in [0.717, 1.165) is 117 Å². The van der Waals surface area contributed by atoms with E-state index >= 15 is 0 Å². The summed E-state index contributed by atoms with van der Waals surface area (Å²) < 4.78 is 2.00. The van der Waals surface area contributed by atoms with Gasteiger partial charge in [-0.3, -0.25) is 19.1 Å². The summed E-state index contributed by atoms with van der Waals surface area (Å²) in [6.07, 6.45) is 9.18. The lowest BCUT2D eigenvalue weighted by Gasteiger charge is -2.52. The first-order valence-corrected chi connectivity index (χ1v) is 25.4. The Morgan fingerprint density at radius 3 is 2.32 bits per heavy atom. The number of benzene rings is 2. The molecule has 1 aliphatic carbocycles. The van der Waals surface area contributed by atoms with E-state index < -0.39 is 23.6 Å². The van der Waals surface area contributed by atoms with Crippen LogP contribution in [0.2, 0.25) is 0 Å². The topological polar surface area (TPSA) is 208 Å². The second-order valence-corrected chi connectivity index (χ2v) is 22.0. The molecule has 5 aromatic rings. The first-order chi connectivity index (χ1) is 33.1. The van der Waals surface area contributed by atoms with Crippen molar-refractivity contribution in [2.24, 2.45) is 22.7 Å². The summed E-state index contributed by atoms with van der Waals surface area (Å²) in [5.41, 5.74) is 13.4. The minimum absolute atomic E-state index is 0.0467. The Morgan fingerprint density at radius 2 is 1.64 bits per heavy atom. The molecule has 0 unspecified atom stereocenters. The van der Waals surface area contributed by atoms with Gasteiger partial charge in [0.15, 0.2) is 5.82 Å². The van der Waals surface area contributed by atoms with E-state index in [1.807, 2.05) is 86.7 Å². The van der Waals surface area contributed by atoms with Crippen molar-refractivity contribution in [3.8, 4) is 38.6 Å². The van der Waals surface area contributed by atoms with E-state index in [-0.39, 0.29) is 47.8 Å². The van der Waals surface area contributed by atoms with E-state index in [0.29, 0.717) is 29.5 Å². The Labute approximate surface area is 408 Å². The molecule has 16 nitrogen and oxygen atoms in total. The predicted octanol–water partition coefficient (Wildman–Crippen LogP) is 5.74. The van der Waals surface area contributed by atoms with Gasteiger partial charge in [-0.05, 0) is 118 Å². The molecular formula is C52H67N11O5S. The molecule has 0 radical (unpaired) electrons. The van der Waals surface area contributed by atoms with Crippen molar-refractivity contribution in [2.75, 3.05) is 51.5 Å². The van der Waals surface area contributed by atoms with Crippen LogP contribution in [0.15, 0.2) is 72.5 Å². The number of thiazole rings is 1. The molecule has 366 valence electrons. The maximum atomic E-state index is 14.3. The molecule has 0 bridgehead atoms. The average molecular weight is 958 g/mol. The molecular weight excluding hydrogens is 891 g/mol. The third-order valence-corrected chi connectivity index (χ3v) is 16.1. The Morgan fingerprint density at radius 1 is 0.928 bits per heavy atom. The van der Waals surface area contributed by atoms with Crippen LogP contribution >= 0.6 is 11.3 Å². The van der Waals surface area contributed by atoms with Crippen LogP contribution in [0.4, 0.5) is 5.82 Å². The molecule has 3 aliphatic heterocycles. The second kappa shape index (κ2) is 20.3. The van der Waals surface area contributed by atoms with Crippen molar-refractivity contribution in [1.29, 1.82) is 0 Å². The number of amides is 3. The number of aliphatic hydroxyl groups is 1. The largest absolute Gasteiger partial charge is 0.507 e. The monoisotopic (exact) mass is 958 g/mol. The smallest absolute Gasteiger partial charge is 0.246 e. The number of phenols is 1. The van der Waals surface area contributed by atoms with Crippen LogP contribution in [0, 0.1) is 29.6 Å². The predicted molar refractivity (Wildman–Crippen MR) is 266 cm³/mol. The number of likely N-dealkylation sites (tertiary alicyclic amines) is 3. The lowest BCUT2D eigenvalue weighted by Crippen LogP contribution is -2.60. The van der Waals surface area contributed by atoms with Gasteiger partial charge in [-0.25, -0.2) is 4.98 Å². The average Bonchev–Trinajstić information content (AvgIpc) is 4.09. The summed E-state index contributed by atoms with van der Waals surface area (Å²) in [4.78, 5) is 53.8. The fourth-order valence-electron chi connectivity index (χ4n) is 10.9. The first kappa shape index (κ1) is 48.3. The van der Waals surface area contributed by atoms with Crippen molar-refractivity contribution >= 4 is 34.9 Å². The highest BCUT2D eigenvalue weighted by Gasteiger charge is 2.50. The number of carbonyl (C=O) groups excluding carboxylic acids is 3. The lowest BCUT2D eigenvalue weighted by atomic mass is 9.57. The number of nitrogen functional groups attached to an aromatic ring is 1. The number of hydrogen-bond acceptors (Lipinski definition) is 13. The second-order valence-electron chi connectivity index (χ2n) is 21.1. The van der Waals surface area contributed by atoms with Gasteiger partial charge in [0.2, 0.25) is 17.7 Å². The van der Waals surface area contributed by atoms with E-state index in [4.69, 9.17) is 5.73 Å². The van der Waals surface area contributed by atoms with Crippen molar-refractivity contribution in [1.82, 2.24) is 50.3 Å². The summed E-state index contributed by atoms with van der Waals surface area (Å²) in [5.74, 6) is 0.105. The fraction of sp³-hybridized carbons (Fsp3) is 0.519. The van der Waals surface area contributed by atoms with Gasteiger partial charge in [-0.2, -0.15) is 5.10 Å². The molecule has 2 aromatic carbocycles. The van der Waals surface area contributed by atoms with Crippen molar-refractivity contribution in [3.63, 3.8) is 0 Å². The summed E-state index contributed by atoms with van der Waals surface area (Å²) in [5, 5.41) is 40.2. The zero-order valence-corrected chi connectivity index (χ0v) is 41.1. The summed E-state index contributed by atoms with van der Waals surface area (Å²) in [6.45, 7) is 15.2. The van der Waals surface area contributed by atoms with Crippen LogP contribution in [0.5, 0.6) is 5.75 Å². The van der Waals surface area contributed by atoms with E-state index in [2.05, 4.69) is 40.7 Å². The van der Waals surface area contributed by atoms with Crippen LogP contribution in [-0.4, -0.2) is 132 Å². The Balaban J connectivity index is 0.694. The Kier molecular flexibility index (Phi) is 14.2. The number of aliphatic hydroxyl groups excluding tert-OH is 1. The normalized spacial score (nSPS) is 20.7. The molecule has 4 fully saturated rings. The van der Waals surface area contributed by atoms with Gasteiger partial charge in [0.05, 0.1) is 34.1 Å². The zero-order chi connectivity index (χ0) is 48.5. The SMILES string of the molecule is Cc1ncsc1-c1ccc(CNC(=O)[C@@H]2C[C@@H](O)CN2C(=O)[C@@H](NC(=O)C2CC3(CCN(CCN4CCC(Cn5cc(-c6cc(-c7ccccc7O)nnc6N)cn5)CC4)CC3)C2)C(C)(C)C)cc1. The number of hydrogen-bond donors (Lipinski definition) is 5. The Hall–Kier alpha value is -5.75. The number of aromatic nitrogens is 5. The lowest BCUT2D eigenvalue weighted by molar-refractivity contribution is -0.146. The third-order valence-electron chi connectivity index (χ3n) is 15.2. The van der Waals surface area contributed by atoms with Gasteiger partial charge >= 0.3 is 0 Å². The van der Waals surface area contributed by atoms with Crippen molar-refractivity contribution < 1.29 is 24.6 Å². The van der Waals surface area contributed by atoms with E-state index in [1.165, 1.54) is 4.90 Å². The zero-order valence-electron chi connectivity index (χ0n) is 40.3. The van der Waals surface area contributed by atoms with E-state index in [1.54, 1.807) is 29.5 Å². The molecule has 3 amide bonds. The quantitative estimate of drug-likeness (QED) is 0.0904. The molecule has 4 aliphatic rings. The summed E-state index contributed by atoms with van der Waals surface area (Å²) >= 11 is 1.59. The van der Waals surface area contributed by atoms with Gasteiger partial charge in [-0.1, -0.05) is 57.2 Å². The van der Waals surface area contributed by atoms with Crippen LogP contribution in [0.3, 0.4) is 0 Å². The number of aryl methyl sites for hydroxylation is 1. The standard InChI is InChI=1S/C52H67N11O5S/c1-33-45(69-32-55-33)36-11-9-34(10-12-36)27-54-49(67)43-23-39(64)31-63(43)50(68)46(51(2,3)4)57-48(66)37-25-52(26-37)15-19-61(20-16-52)22-21-60-17-13-35(14-18-60)29-62-30-38(28-56-62)41-24-42(58-59-47(41)53)40-7-5-6-8-44(40)65/h5-12,24,28,30,32,35,37,39,43,46,64-65H,13-23,25-27,29,31H2,1-4H3,(H2,53,59)(H,54,67)(H,57,66)/t39-,43+,46-/m1/s1. The number of anilines is 1. The summed E-state index contributed by atoms with van der Waals surface area (Å²) in [7, 11) is 0. The molecule has 6 N–H and O–H groups in total. The minimum Gasteiger partial charge on any atom is -0.507 e. The number of aromatic hydroxyl groups is 1. The number of nitrogens with one attached hydrogen (secondary N) is 2. The molecule has 6 heterocycles. The number of nitrogens with two attached hydrogens (primary N) is 1. The number of nitrogens with zero attached hydrogens (tertiary/aromatic N) is 8. The molecule has 1 saturated carbocycles. The number of β-amino-alcohol motifs (C(OH)–C–C–N with tert-alkyl or cyclic N) is 1. The summed E-state index contributed by atoms with van der Waals surface area (Å²) in [6, 6.07) is 15.2. The molecule has 3 aromatic heterocycles. The number of piperidine rings is 2. The number of carbonyl (C=O) groups is 3. The maximum absolute atomic E-state index is 14.3. The maximum Gasteiger partial charge on any atom is 0.246 e. The van der Waals surface area contributed by atoms with Gasteiger partial charge in [0.25, 0.3) is 0 Å².